The second-order valence-corrected chi connectivity index (χ2v) is 4.17. The highest BCUT2D eigenvalue weighted by atomic mass is 16.5. The van der Waals surface area contributed by atoms with E-state index >= 15 is 0 Å². The van der Waals surface area contributed by atoms with Crippen LogP contribution in [0.2, 0.25) is 0 Å². The van der Waals surface area contributed by atoms with Crippen LogP contribution in [0.4, 0.5) is 11.6 Å². The molecular weight excluding hydrogens is 232 g/mol. The van der Waals surface area contributed by atoms with Crippen LogP contribution in [0.25, 0.3) is 0 Å². The Balaban J connectivity index is 2.12. The topological polar surface area (TPSA) is 68.3 Å². The number of methoxy groups -OCH3 is 1. The fourth-order valence-electron chi connectivity index (χ4n) is 2.00. The van der Waals surface area contributed by atoms with E-state index < -0.39 is 0 Å². The molecule has 1 aromatic heterocycles. The van der Waals surface area contributed by atoms with Crippen LogP contribution < -0.4 is 15.4 Å². The van der Waals surface area contributed by atoms with Gasteiger partial charge in [-0.3, -0.25) is 0 Å². The minimum Gasteiger partial charge on any atom is -0.490 e. The first-order valence-corrected chi connectivity index (χ1v) is 6.32. The van der Waals surface area contributed by atoms with E-state index in [2.05, 4.69) is 20.6 Å². The molecule has 6 nitrogen and oxygen atoms in total. The van der Waals surface area contributed by atoms with Gasteiger partial charge in [-0.2, -0.15) is 0 Å². The lowest BCUT2D eigenvalue weighted by atomic mass is 10.1. The van der Waals surface area contributed by atoms with E-state index in [1.54, 1.807) is 13.4 Å². The molecule has 18 heavy (non-hydrogen) atoms. The average Bonchev–Trinajstić information content (AvgIpc) is 2.41. The number of ether oxygens (including phenoxy) is 2. The van der Waals surface area contributed by atoms with Crippen LogP contribution in [-0.2, 0) is 4.74 Å². The molecule has 2 N–H and O–H groups in total. The third-order valence-electron chi connectivity index (χ3n) is 2.91. The van der Waals surface area contributed by atoms with E-state index in [9.17, 15) is 0 Å². The molecule has 0 bridgehead atoms. The van der Waals surface area contributed by atoms with Gasteiger partial charge in [0, 0.05) is 25.8 Å². The average molecular weight is 252 g/mol. The van der Waals surface area contributed by atoms with Crippen molar-refractivity contribution in [3.8, 4) is 5.75 Å². The van der Waals surface area contributed by atoms with Gasteiger partial charge in [0.1, 0.15) is 6.33 Å². The minimum atomic E-state index is 0.386. The molecule has 0 unspecified atom stereocenters. The molecule has 6 heteroatoms. The maximum Gasteiger partial charge on any atom is 0.204 e. The summed E-state index contributed by atoms with van der Waals surface area (Å²) in [7, 11) is 1.63. The van der Waals surface area contributed by atoms with Crippen molar-refractivity contribution in [1.29, 1.82) is 0 Å². The van der Waals surface area contributed by atoms with Gasteiger partial charge in [-0.25, -0.2) is 9.97 Å². The van der Waals surface area contributed by atoms with Crippen molar-refractivity contribution in [1.82, 2.24) is 9.97 Å². The Bertz CT molecular complexity index is 380. The number of aromatic nitrogens is 2. The largest absolute Gasteiger partial charge is 0.490 e. The third kappa shape index (κ3) is 3.01. The number of anilines is 2. The molecule has 2 rings (SSSR count). The number of hydrogen-bond donors (Lipinski definition) is 2. The Morgan fingerprint density at radius 1 is 1.33 bits per heavy atom. The zero-order valence-corrected chi connectivity index (χ0v) is 10.9. The van der Waals surface area contributed by atoms with Crippen molar-refractivity contribution in [3.63, 3.8) is 0 Å². The lowest BCUT2D eigenvalue weighted by molar-refractivity contribution is 0.0903. The summed E-state index contributed by atoms with van der Waals surface area (Å²) in [6.07, 6.45) is 3.52. The molecule has 0 amide bonds. The monoisotopic (exact) mass is 252 g/mol. The Morgan fingerprint density at radius 2 is 2.06 bits per heavy atom. The maximum absolute atomic E-state index is 5.39. The SMILES string of the molecule is CCNc1ncnc(NC2CCOCC2)c1OC. The highest BCUT2D eigenvalue weighted by Crippen LogP contribution is 2.30. The van der Waals surface area contributed by atoms with Crippen LogP contribution in [0.15, 0.2) is 6.33 Å². The molecule has 1 saturated heterocycles. The van der Waals surface area contributed by atoms with E-state index in [0.29, 0.717) is 11.8 Å². The Kier molecular flexibility index (Phi) is 4.58. The van der Waals surface area contributed by atoms with E-state index in [1.165, 1.54) is 0 Å². The van der Waals surface area contributed by atoms with Gasteiger partial charge in [-0.05, 0) is 19.8 Å². The summed E-state index contributed by atoms with van der Waals surface area (Å²) in [5.41, 5.74) is 0. The number of hydrogen-bond acceptors (Lipinski definition) is 6. The molecule has 0 aromatic carbocycles. The summed E-state index contributed by atoms with van der Waals surface area (Å²) >= 11 is 0. The molecule has 0 spiro atoms. The molecule has 2 heterocycles. The molecule has 0 saturated carbocycles. The van der Waals surface area contributed by atoms with Crippen LogP contribution in [0.5, 0.6) is 5.75 Å². The fourth-order valence-corrected chi connectivity index (χ4v) is 2.00. The van der Waals surface area contributed by atoms with Crippen molar-refractivity contribution in [3.05, 3.63) is 6.33 Å². The molecule has 1 aromatic rings. The predicted molar refractivity (Wildman–Crippen MR) is 70.2 cm³/mol. The predicted octanol–water partition coefficient (Wildman–Crippen LogP) is 1.51. The van der Waals surface area contributed by atoms with Crippen molar-refractivity contribution in [2.45, 2.75) is 25.8 Å². The molecule has 1 fully saturated rings. The van der Waals surface area contributed by atoms with E-state index in [-0.39, 0.29) is 0 Å². The first-order valence-electron chi connectivity index (χ1n) is 6.32. The Hall–Kier alpha value is -1.56. The molecule has 100 valence electrons. The van der Waals surface area contributed by atoms with Crippen LogP contribution in [0.3, 0.4) is 0 Å². The first kappa shape index (κ1) is 12.9. The van der Waals surface area contributed by atoms with Crippen LogP contribution in [-0.4, -0.2) is 42.9 Å². The Morgan fingerprint density at radius 3 is 2.72 bits per heavy atom. The van der Waals surface area contributed by atoms with E-state index in [0.717, 1.165) is 44.2 Å². The third-order valence-corrected chi connectivity index (χ3v) is 2.91. The number of nitrogens with one attached hydrogen (secondary N) is 2. The molecule has 1 aliphatic rings. The quantitative estimate of drug-likeness (QED) is 0.828. The Labute approximate surface area is 107 Å². The summed E-state index contributed by atoms with van der Waals surface area (Å²) in [6.45, 7) is 4.41. The minimum absolute atomic E-state index is 0.386. The van der Waals surface area contributed by atoms with Crippen LogP contribution >= 0.6 is 0 Å². The van der Waals surface area contributed by atoms with Crippen molar-refractivity contribution in [2.75, 3.05) is 37.5 Å². The van der Waals surface area contributed by atoms with Gasteiger partial charge in [0.15, 0.2) is 11.6 Å². The fraction of sp³-hybridized carbons (Fsp3) is 0.667. The van der Waals surface area contributed by atoms with Gasteiger partial charge >= 0.3 is 0 Å². The smallest absolute Gasteiger partial charge is 0.204 e. The van der Waals surface area contributed by atoms with Crippen molar-refractivity contribution < 1.29 is 9.47 Å². The molecule has 1 aliphatic heterocycles. The van der Waals surface area contributed by atoms with Gasteiger partial charge in [0.05, 0.1) is 7.11 Å². The first-order chi connectivity index (χ1) is 8.85. The lowest BCUT2D eigenvalue weighted by Crippen LogP contribution is -2.28. The summed E-state index contributed by atoms with van der Waals surface area (Å²) in [4.78, 5) is 8.44. The summed E-state index contributed by atoms with van der Waals surface area (Å²) in [6, 6.07) is 0.386. The van der Waals surface area contributed by atoms with Gasteiger partial charge in [-0.1, -0.05) is 0 Å². The van der Waals surface area contributed by atoms with E-state index in [4.69, 9.17) is 9.47 Å². The zero-order chi connectivity index (χ0) is 12.8. The summed E-state index contributed by atoms with van der Waals surface area (Å²) in [5.74, 6) is 2.14. The second-order valence-electron chi connectivity index (χ2n) is 4.17. The van der Waals surface area contributed by atoms with Gasteiger partial charge < -0.3 is 20.1 Å². The van der Waals surface area contributed by atoms with Crippen molar-refractivity contribution >= 4 is 11.6 Å². The van der Waals surface area contributed by atoms with Crippen molar-refractivity contribution in [2.24, 2.45) is 0 Å². The number of nitrogens with zero attached hydrogens (tertiary/aromatic N) is 2. The summed E-state index contributed by atoms with van der Waals surface area (Å²) in [5, 5.41) is 6.57. The zero-order valence-electron chi connectivity index (χ0n) is 10.9. The highest BCUT2D eigenvalue weighted by molar-refractivity contribution is 5.63. The molecule has 0 aliphatic carbocycles. The number of rotatable bonds is 5. The van der Waals surface area contributed by atoms with Gasteiger partial charge in [0.2, 0.25) is 5.75 Å². The summed E-state index contributed by atoms with van der Waals surface area (Å²) < 4.78 is 10.7. The highest BCUT2D eigenvalue weighted by Gasteiger charge is 2.18. The standard InChI is InChI=1S/C12H20N4O2/c1-3-13-11-10(17-2)12(15-8-14-11)16-9-4-6-18-7-5-9/h8-9H,3-7H2,1-2H3,(H2,13,14,15,16). The molecule has 0 atom stereocenters. The second kappa shape index (κ2) is 6.39. The lowest BCUT2D eigenvalue weighted by Gasteiger charge is -2.24. The van der Waals surface area contributed by atoms with Crippen LogP contribution in [0.1, 0.15) is 19.8 Å². The van der Waals surface area contributed by atoms with E-state index in [1.807, 2.05) is 6.92 Å². The van der Waals surface area contributed by atoms with Gasteiger partial charge in [-0.15, -0.1) is 0 Å². The molecular formula is C12H20N4O2. The molecule has 0 radical (unpaired) electrons. The van der Waals surface area contributed by atoms with Crippen LogP contribution in [0, 0.1) is 0 Å². The normalized spacial score (nSPS) is 16.3. The maximum atomic E-state index is 5.39. The van der Waals surface area contributed by atoms with Gasteiger partial charge in [0.25, 0.3) is 0 Å².